The molecule has 7 nitrogen and oxygen atoms in total. The zero-order valence-electron chi connectivity index (χ0n) is 18.5. The lowest BCUT2D eigenvalue weighted by Crippen LogP contribution is -2.47. The number of hydrogen-bond donors (Lipinski definition) is 2. The number of nitrogens with one attached hydrogen (secondary N) is 2. The first-order chi connectivity index (χ1) is 14.1. The molecule has 0 radical (unpaired) electrons. The van der Waals surface area contributed by atoms with Gasteiger partial charge in [-0.1, -0.05) is 13.8 Å². The zero-order valence-corrected chi connectivity index (χ0v) is 21.7. The van der Waals surface area contributed by atoms with Crippen molar-refractivity contribution in [3.8, 4) is 0 Å². The summed E-state index contributed by atoms with van der Waals surface area (Å²) >= 11 is 1.78. The van der Waals surface area contributed by atoms with Crippen LogP contribution in [0.15, 0.2) is 10.4 Å². The molecule has 2 N–H and O–H groups in total. The number of carbonyl (C=O) groups is 1. The number of carbonyl (C=O) groups excluding carboxylic acids is 1. The largest absolute Gasteiger partial charge is 0.356 e. The van der Waals surface area contributed by atoms with Crippen molar-refractivity contribution in [3.63, 3.8) is 0 Å². The van der Waals surface area contributed by atoms with E-state index in [4.69, 9.17) is 4.98 Å². The SMILES string of the molecule is CCC(=O)N1CCC(NC(=NC)NCC2CCN(Cc3csc(CC)n3)CC2)C1.I. The minimum Gasteiger partial charge on any atom is -0.356 e. The molecule has 2 aliphatic heterocycles. The maximum Gasteiger partial charge on any atom is 0.222 e. The Morgan fingerprint density at radius 3 is 2.67 bits per heavy atom. The fourth-order valence-electron chi connectivity index (χ4n) is 4.12. The van der Waals surface area contributed by atoms with Crippen LogP contribution in [0, 0.1) is 5.92 Å². The molecule has 3 heterocycles. The summed E-state index contributed by atoms with van der Waals surface area (Å²) in [7, 11) is 1.82. The van der Waals surface area contributed by atoms with Gasteiger partial charge in [0.05, 0.1) is 10.7 Å². The normalized spacial score (nSPS) is 20.8. The van der Waals surface area contributed by atoms with Crippen LogP contribution >= 0.6 is 35.3 Å². The molecule has 3 rings (SSSR count). The first-order valence-corrected chi connectivity index (χ1v) is 11.9. The highest BCUT2D eigenvalue weighted by Gasteiger charge is 2.26. The summed E-state index contributed by atoms with van der Waals surface area (Å²) in [6, 6.07) is 0.296. The van der Waals surface area contributed by atoms with Crippen molar-refractivity contribution in [2.24, 2.45) is 10.9 Å². The third-order valence-electron chi connectivity index (χ3n) is 5.96. The summed E-state index contributed by atoms with van der Waals surface area (Å²) < 4.78 is 0. The third kappa shape index (κ3) is 7.33. The van der Waals surface area contributed by atoms with E-state index in [0.717, 1.165) is 58.1 Å². The van der Waals surface area contributed by atoms with Crippen molar-refractivity contribution in [3.05, 3.63) is 16.1 Å². The number of guanidine groups is 1. The standard InChI is InChI=1S/C21H36N6OS.HI/c1-4-19-24-18(15-29-19)13-26-9-6-16(7-10-26)12-23-21(22-3)25-17-8-11-27(14-17)20(28)5-2;/h15-17H,4-14H2,1-3H3,(H2,22,23,25);1H. The third-order valence-corrected chi connectivity index (χ3v) is 7.00. The summed E-state index contributed by atoms with van der Waals surface area (Å²) in [5.41, 5.74) is 1.22. The van der Waals surface area contributed by atoms with E-state index >= 15 is 0 Å². The van der Waals surface area contributed by atoms with E-state index in [0.29, 0.717) is 18.4 Å². The second kappa shape index (κ2) is 12.8. The van der Waals surface area contributed by atoms with E-state index in [9.17, 15) is 4.79 Å². The van der Waals surface area contributed by atoms with Gasteiger partial charge in [0.1, 0.15) is 0 Å². The number of halogens is 1. The van der Waals surface area contributed by atoms with Gasteiger partial charge in [-0.05, 0) is 44.7 Å². The fourth-order valence-corrected chi connectivity index (χ4v) is 4.85. The predicted molar refractivity (Wildman–Crippen MR) is 135 cm³/mol. The topological polar surface area (TPSA) is 72.9 Å². The van der Waals surface area contributed by atoms with E-state index < -0.39 is 0 Å². The van der Waals surface area contributed by atoms with Gasteiger partial charge >= 0.3 is 0 Å². The Hall–Kier alpha value is -0.940. The molecule has 1 atom stereocenters. The number of aromatic nitrogens is 1. The Labute approximate surface area is 202 Å². The van der Waals surface area contributed by atoms with Gasteiger partial charge in [-0.15, -0.1) is 35.3 Å². The molecule has 1 aromatic heterocycles. The molecule has 2 saturated heterocycles. The number of hydrogen-bond acceptors (Lipinski definition) is 5. The number of thiazole rings is 1. The quantitative estimate of drug-likeness (QED) is 0.312. The molecule has 1 unspecified atom stereocenters. The van der Waals surface area contributed by atoms with E-state index in [-0.39, 0.29) is 29.9 Å². The van der Waals surface area contributed by atoms with Crippen LogP contribution < -0.4 is 10.6 Å². The van der Waals surface area contributed by atoms with Crippen LogP contribution in [0.25, 0.3) is 0 Å². The van der Waals surface area contributed by atoms with Gasteiger partial charge in [0.25, 0.3) is 0 Å². The summed E-state index contributed by atoms with van der Waals surface area (Å²) in [6.07, 6.45) is 5.01. The van der Waals surface area contributed by atoms with Crippen molar-refractivity contribution < 1.29 is 4.79 Å². The van der Waals surface area contributed by atoms with Crippen LogP contribution in [-0.4, -0.2) is 72.5 Å². The molecule has 0 spiro atoms. The highest BCUT2D eigenvalue weighted by molar-refractivity contribution is 14.0. The highest BCUT2D eigenvalue weighted by Crippen LogP contribution is 2.19. The Morgan fingerprint density at radius 1 is 1.27 bits per heavy atom. The number of aliphatic imine (C=N–C) groups is 1. The Morgan fingerprint density at radius 2 is 2.03 bits per heavy atom. The molecule has 0 bridgehead atoms. The number of rotatable bonds is 7. The van der Waals surface area contributed by atoms with Gasteiger partial charge in [-0.2, -0.15) is 0 Å². The highest BCUT2D eigenvalue weighted by atomic mass is 127. The molecule has 0 aromatic carbocycles. The van der Waals surface area contributed by atoms with Crippen LogP contribution in [0.2, 0.25) is 0 Å². The van der Waals surface area contributed by atoms with Crippen molar-refractivity contribution in [2.45, 2.75) is 58.5 Å². The summed E-state index contributed by atoms with van der Waals surface area (Å²) in [5.74, 6) is 1.78. The van der Waals surface area contributed by atoms with Crippen LogP contribution in [0.1, 0.15) is 50.2 Å². The zero-order chi connectivity index (χ0) is 20.6. The van der Waals surface area contributed by atoms with Gasteiger partial charge in [0.2, 0.25) is 5.91 Å². The molecule has 9 heteroatoms. The van der Waals surface area contributed by atoms with Crippen LogP contribution in [-0.2, 0) is 17.8 Å². The average molecular weight is 549 g/mol. The second-order valence-electron chi connectivity index (χ2n) is 8.08. The second-order valence-corrected chi connectivity index (χ2v) is 9.02. The number of likely N-dealkylation sites (tertiary alicyclic amines) is 2. The average Bonchev–Trinajstić information content (AvgIpc) is 3.41. The van der Waals surface area contributed by atoms with Gasteiger partial charge in [0.15, 0.2) is 5.96 Å². The molecule has 0 saturated carbocycles. The number of piperidine rings is 1. The molecule has 0 aliphatic carbocycles. The maximum absolute atomic E-state index is 11.9. The minimum absolute atomic E-state index is 0. The summed E-state index contributed by atoms with van der Waals surface area (Å²) in [6.45, 7) is 9.91. The smallest absolute Gasteiger partial charge is 0.222 e. The van der Waals surface area contributed by atoms with Crippen LogP contribution in [0.5, 0.6) is 0 Å². The van der Waals surface area contributed by atoms with Gasteiger partial charge in [0, 0.05) is 51.1 Å². The van der Waals surface area contributed by atoms with Gasteiger partial charge in [-0.25, -0.2) is 4.98 Å². The molecule has 2 aliphatic rings. The molecule has 30 heavy (non-hydrogen) atoms. The van der Waals surface area contributed by atoms with Crippen LogP contribution in [0.3, 0.4) is 0 Å². The van der Waals surface area contributed by atoms with Crippen molar-refractivity contribution in [1.82, 2.24) is 25.4 Å². The minimum atomic E-state index is 0. The van der Waals surface area contributed by atoms with Gasteiger partial charge < -0.3 is 15.5 Å². The summed E-state index contributed by atoms with van der Waals surface area (Å²) in [5, 5.41) is 10.4. The molecular weight excluding hydrogens is 511 g/mol. The lowest BCUT2D eigenvalue weighted by molar-refractivity contribution is -0.129. The maximum atomic E-state index is 11.9. The summed E-state index contributed by atoms with van der Waals surface area (Å²) in [4.78, 5) is 25.4. The van der Waals surface area contributed by atoms with Crippen molar-refractivity contribution >= 4 is 47.2 Å². The number of amides is 1. The lowest BCUT2D eigenvalue weighted by Gasteiger charge is -2.32. The van der Waals surface area contributed by atoms with Crippen molar-refractivity contribution in [1.29, 1.82) is 0 Å². The number of aryl methyl sites for hydroxylation is 1. The molecule has 170 valence electrons. The fraction of sp³-hybridized carbons (Fsp3) is 0.762. The Kier molecular flexibility index (Phi) is 10.8. The van der Waals surface area contributed by atoms with E-state index in [1.165, 1.54) is 23.5 Å². The van der Waals surface area contributed by atoms with Gasteiger partial charge in [-0.3, -0.25) is 14.7 Å². The Balaban J connectivity index is 0.00000320. The van der Waals surface area contributed by atoms with Crippen molar-refractivity contribution in [2.75, 3.05) is 39.8 Å². The monoisotopic (exact) mass is 548 g/mol. The first-order valence-electron chi connectivity index (χ1n) is 11.0. The molecular formula is C21H37IN6OS. The Bertz CT molecular complexity index is 689. The molecule has 1 aromatic rings. The lowest BCUT2D eigenvalue weighted by atomic mass is 9.97. The van der Waals surface area contributed by atoms with Crippen LogP contribution in [0.4, 0.5) is 0 Å². The molecule has 1 amide bonds. The van der Waals surface area contributed by atoms with E-state index in [1.807, 2.05) is 18.9 Å². The van der Waals surface area contributed by atoms with E-state index in [1.54, 1.807) is 11.3 Å². The van der Waals surface area contributed by atoms with E-state index in [2.05, 4.69) is 32.8 Å². The first kappa shape index (κ1) is 25.3. The molecule has 2 fully saturated rings. The predicted octanol–water partition coefficient (Wildman–Crippen LogP) is 2.71. The number of nitrogens with zero attached hydrogens (tertiary/aromatic N) is 4.